The van der Waals surface area contributed by atoms with Crippen molar-refractivity contribution in [3.05, 3.63) is 46.5 Å². The van der Waals surface area contributed by atoms with Crippen molar-refractivity contribution in [2.45, 2.75) is 64.5 Å². The van der Waals surface area contributed by atoms with E-state index in [1.807, 2.05) is 0 Å². The summed E-state index contributed by atoms with van der Waals surface area (Å²) in [4.78, 5) is 57.0. The highest BCUT2D eigenvalue weighted by Gasteiger charge is 2.79. The summed E-state index contributed by atoms with van der Waals surface area (Å²) in [6.07, 6.45) is -0.106. The maximum absolute atomic E-state index is 14.8. The van der Waals surface area contributed by atoms with Crippen LogP contribution in [0.2, 0.25) is 0 Å². The fourth-order valence-corrected chi connectivity index (χ4v) is 7.27. The molecule has 4 amide bonds. The van der Waals surface area contributed by atoms with E-state index in [1.165, 1.54) is 24.3 Å². The molecule has 11 heteroatoms. The average Bonchev–Trinajstić information content (AvgIpc) is 3.27. The number of carbonyl (C=O) groups is 4. The number of anilines is 4. The first-order valence-corrected chi connectivity index (χ1v) is 13.6. The van der Waals surface area contributed by atoms with Gasteiger partial charge in [0, 0.05) is 11.4 Å². The highest BCUT2D eigenvalue weighted by Crippen LogP contribution is 2.58. The lowest BCUT2D eigenvalue weighted by Gasteiger charge is -2.30. The highest BCUT2D eigenvalue weighted by molar-refractivity contribution is 6.39. The van der Waals surface area contributed by atoms with E-state index in [4.69, 9.17) is 11.5 Å². The van der Waals surface area contributed by atoms with Gasteiger partial charge in [-0.2, -0.15) is 13.2 Å². The van der Waals surface area contributed by atoms with Crippen LogP contribution in [0.4, 0.5) is 35.9 Å². The maximum atomic E-state index is 14.8. The molecular weight excluding hydrogens is 525 g/mol. The van der Waals surface area contributed by atoms with Crippen molar-refractivity contribution in [2.75, 3.05) is 21.3 Å². The number of amides is 4. The van der Waals surface area contributed by atoms with Crippen molar-refractivity contribution < 1.29 is 32.3 Å². The largest absolute Gasteiger partial charge is 0.402 e. The van der Waals surface area contributed by atoms with E-state index in [0.29, 0.717) is 70.0 Å². The van der Waals surface area contributed by atoms with Crippen LogP contribution < -0.4 is 21.3 Å². The number of nitrogens with zero attached hydrogens (tertiary/aromatic N) is 2. The summed E-state index contributed by atoms with van der Waals surface area (Å²) in [6.45, 7) is 1.13. The van der Waals surface area contributed by atoms with E-state index in [-0.39, 0.29) is 11.4 Å². The maximum Gasteiger partial charge on any atom is 0.402 e. The predicted molar refractivity (Wildman–Crippen MR) is 141 cm³/mol. The quantitative estimate of drug-likeness (QED) is 0.330. The third kappa shape index (κ3) is 3.32. The Balaban J connectivity index is 1.54. The molecule has 2 aromatic carbocycles. The van der Waals surface area contributed by atoms with Gasteiger partial charge in [-0.05, 0) is 97.9 Å². The molecule has 2 saturated heterocycles. The molecule has 1 spiro atoms. The zero-order chi connectivity index (χ0) is 28.7. The first-order valence-electron chi connectivity index (χ1n) is 13.6. The second kappa shape index (κ2) is 8.81. The molecule has 0 bridgehead atoms. The Morgan fingerprint density at radius 3 is 1.52 bits per heavy atom. The number of hydrogen-bond donors (Lipinski definition) is 2. The van der Waals surface area contributed by atoms with Gasteiger partial charge in [0.25, 0.3) is 11.8 Å². The molecular formula is C29H29F3N4O4. The first kappa shape index (κ1) is 26.3. The number of nitrogen functional groups attached to an aromatic ring is 2. The lowest BCUT2D eigenvalue weighted by molar-refractivity contribution is -0.203. The average molecular weight is 555 g/mol. The Morgan fingerprint density at radius 2 is 1.10 bits per heavy atom. The Hall–Kier alpha value is -3.89. The number of nitrogens with two attached hydrogens (primary N) is 2. The standard InChI is InChI=1S/C29H29F3N4O4/c1-14-24(37)35(21-12-10-19(33)15-6-2-4-8-17(15)21)26(39)28(14)23(29(30,31)32)25(38)36(27(28)40)22-13-11-20(34)16-7-3-5-9-18(16)22/h10-14,23H,2-9,33-34H2,1H3/t14?,23-,28-/m0/s1. The zero-order valence-corrected chi connectivity index (χ0v) is 21.9. The van der Waals surface area contributed by atoms with Gasteiger partial charge in [-0.1, -0.05) is 6.92 Å². The number of hydrogen-bond acceptors (Lipinski definition) is 6. The van der Waals surface area contributed by atoms with Gasteiger partial charge in [0.1, 0.15) is 0 Å². The van der Waals surface area contributed by atoms with Crippen molar-refractivity contribution in [1.29, 1.82) is 0 Å². The number of benzene rings is 2. The minimum absolute atomic E-state index is 0.000730. The predicted octanol–water partition coefficient (Wildman–Crippen LogP) is 3.86. The van der Waals surface area contributed by atoms with Crippen LogP contribution in [0.15, 0.2) is 24.3 Å². The summed E-state index contributed by atoms with van der Waals surface area (Å²) in [5.41, 5.74) is 12.9. The second-order valence-electron chi connectivity index (χ2n) is 11.2. The van der Waals surface area contributed by atoms with Gasteiger partial charge in [0.2, 0.25) is 11.8 Å². The van der Waals surface area contributed by atoms with Crippen molar-refractivity contribution in [3.63, 3.8) is 0 Å². The van der Waals surface area contributed by atoms with Crippen LogP contribution in [0.25, 0.3) is 0 Å². The van der Waals surface area contributed by atoms with E-state index in [9.17, 15) is 32.3 Å². The van der Waals surface area contributed by atoms with Crippen LogP contribution in [-0.2, 0) is 44.9 Å². The van der Waals surface area contributed by atoms with Crippen molar-refractivity contribution in [2.24, 2.45) is 17.3 Å². The van der Waals surface area contributed by atoms with Gasteiger partial charge in [-0.15, -0.1) is 0 Å². The van der Waals surface area contributed by atoms with Crippen molar-refractivity contribution >= 4 is 46.4 Å². The third-order valence-corrected chi connectivity index (χ3v) is 9.21. The number of fused-ring (bicyclic) bond motifs is 2. The molecule has 1 unspecified atom stereocenters. The molecule has 0 radical (unpaired) electrons. The molecule has 2 aliphatic carbocycles. The van der Waals surface area contributed by atoms with Gasteiger partial charge in [-0.3, -0.25) is 19.2 Å². The molecule has 2 aliphatic heterocycles. The Kier molecular flexibility index (Phi) is 5.80. The molecule has 0 saturated carbocycles. The van der Waals surface area contributed by atoms with E-state index >= 15 is 0 Å². The number of alkyl halides is 3. The Bertz CT molecular complexity index is 1490. The van der Waals surface area contributed by atoms with Gasteiger partial charge in [0.15, 0.2) is 11.3 Å². The number of rotatable bonds is 2. The van der Waals surface area contributed by atoms with Gasteiger partial charge < -0.3 is 11.5 Å². The van der Waals surface area contributed by atoms with E-state index in [2.05, 4.69) is 0 Å². The fourth-order valence-electron chi connectivity index (χ4n) is 7.27. The smallest absolute Gasteiger partial charge is 0.398 e. The molecule has 40 heavy (non-hydrogen) atoms. The molecule has 0 aromatic heterocycles. The number of carbonyl (C=O) groups excluding carboxylic acids is 4. The van der Waals surface area contributed by atoms with Crippen LogP contribution >= 0.6 is 0 Å². The normalized spacial score (nSPS) is 26.6. The van der Waals surface area contributed by atoms with E-state index in [1.54, 1.807) is 0 Å². The van der Waals surface area contributed by atoms with E-state index in [0.717, 1.165) is 31.7 Å². The molecule has 4 aliphatic rings. The third-order valence-electron chi connectivity index (χ3n) is 9.21. The van der Waals surface area contributed by atoms with Crippen LogP contribution in [0.5, 0.6) is 0 Å². The van der Waals surface area contributed by atoms with Crippen LogP contribution in [-0.4, -0.2) is 29.8 Å². The lowest BCUT2D eigenvalue weighted by atomic mass is 9.69. The summed E-state index contributed by atoms with van der Waals surface area (Å²) in [6, 6.07) is 5.79. The van der Waals surface area contributed by atoms with Crippen LogP contribution in [0.1, 0.15) is 54.9 Å². The zero-order valence-electron chi connectivity index (χ0n) is 21.9. The highest BCUT2D eigenvalue weighted by atomic mass is 19.4. The monoisotopic (exact) mass is 554 g/mol. The SMILES string of the molecule is CC1C(=O)N(c2ccc(N)c3c2CCCC3)C(=O)[C@]12C(=O)N(c1ccc(N)c3c1CCCC3)C(=O)[C@@H]2C(F)(F)F. The minimum Gasteiger partial charge on any atom is -0.398 e. The fraction of sp³-hybridized carbons (Fsp3) is 0.448. The summed E-state index contributed by atoms with van der Waals surface area (Å²) in [5, 5.41) is 0. The van der Waals surface area contributed by atoms with E-state index < -0.39 is 47.1 Å². The molecule has 2 fully saturated rings. The first-order chi connectivity index (χ1) is 18.9. The van der Waals surface area contributed by atoms with Crippen molar-refractivity contribution in [1.82, 2.24) is 0 Å². The van der Waals surface area contributed by atoms with Gasteiger partial charge >= 0.3 is 6.18 Å². The summed E-state index contributed by atoms with van der Waals surface area (Å²) >= 11 is 0. The Morgan fingerprint density at radius 1 is 0.700 bits per heavy atom. The molecule has 2 aromatic rings. The second-order valence-corrected chi connectivity index (χ2v) is 11.2. The van der Waals surface area contributed by atoms with Crippen LogP contribution in [0, 0.1) is 17.3 Å². The van der Waals surface area contributed by atoms with Crippen molar-refractivity contribution in [3.8, 4) is 0 Å². The molecule has 8 nitrogen and oxygen atoms in total. The molecule has 2 heterocycles. The summed E-state index contributed by atoms with van der Waals surface area (Å²) in [5.74, 6) is -9.88. The number of halogens is 3. The summed E-state index contributed by atoms with van der Waals surface area (Å²) in [7, 11) is 0. The molecule has 4 N–H and O–H groups in total. The lowest BCUT2D eigenvalue weighted by Crippen LogP contribution is -2.51. The minimum atomic E-state index is -5.27. The van der Waals surface area contributed by atoms with Gasteiger partial charge in [-0.25, -0.2) is 9.80 Å². The Labute approximate surface area is 228 Å². The molecule has 6 rings (SSSR count). The topological polar surface area (TPSA) is 127 Å². The molecule has 210 valence electrons. The number of imide groups is 2. The van der Waals surface area contributed by atoms with Crippen LogP contribution in [0.3, 0.4) is 0 Å². The van der Waals surface area contributed by atoms with Gasteiger partial charge in [0.05, 0.1) is 17.3 Å². The summed E-state index contributed by atoms with van der Waals surface area (Å²) < 4.78 is 44.4. The molecule has 3 atom stereocenters.